The molecule has 3 N–H and O–H groups in total. The maximum absolute atomic E-state index is 12.3. The van der Waals surface area contributed by atoms with E-state index in [-0.39, 0.29) is 35.2 Å². The first-order valence-electron chi connectivity index (χ1n) is 6.68. The van der Waals surface area contributed by atoms with E-state index in [1.54, 1.807) is 18.3 Å². The Bertz CT molecular complexity index is 905. The molecule has 1 saturated heterocycles. The molecule has 23 heavy (non-hydrogen) atoms. The van der Waals surface area contributed by atoms with Gasteiger partial charge in [-0.3, -0.25) is 4.79 Å². The van der Waals surface area contributed by atoms with Gasteiger partial charge in [0.05, 0.1) is 11.4 Å². The summed E-state index contributed by atoms with van der Waals surface area (Å²) in [5.41, 5.74) is 0.285. The fourth-order valence-electron chi connectivity index (χ4n) is 2.77. The Hall–Kier alpha value is -2.04. The second-order valence-electron chi connectivity index (χ2n) is 5.35. The monoisotopic (exact) mass is 355 g/mol. The molecule has 1 aliphatic heterocycles. The Kier molecular flexibility index (Phi) is 3.82. The SMILES string of the molecule is NS(=O)(=O)CC1CC(=O)N(c2c(C(=O)O)sc3ncccc23)C1. The Morgan fingerprint density at radius 3 is 2.91 bits per heavy atom. The molecule has 3 heterocycles. The second-order valence-corrected chi connectivity index (χ2v) is 8.00. The number of hydrogen-bond donors (Lipinski definition) is 2. The van der Waals surface area contributed by atoms with E-state index in [1.807, 2.05) is 0 Å². The highest BCUT2D eigenvalue weighted by atomic mass is 32.2. The van der Waals surface area contributed by atoms with Crippen molar-refractivity contribution in [3.8, 4) is 0 Å². The van der Waals surface area contributed by atoms with Gasteiger partial charge in [-0.2, -0.15) is 0 Å². The van der Waals surface area contributed by atoms with Crippen LogP contribution in [0.15, 0.2) is 18.3 Å². The molecule has 0 spiro atoms. The van der Waals surface area contributed by atoms with Gasteiger partial charge in [0.25, 0.3) is 0 Å². The van der Waals surface area contributed by atoms with Crippen molar-refractivity contribution in [2.24, 2.45) is 11.1 Å². The summed E-state index contributed by atoms with van der Waals surface area (Å²) in [6, 6.07) is 3.35. The number of nitrogens with two attached hydrogens (primary N) is 1. The van der Waals surface area contributed by atoms with Gasteiger partial charge in [-0.05, 0) is 12.1 Å². The fourth-order valence-corrected chi connectivity index (χ4v) is 4.64. The largest absolute Gasteiger partial charge is 0.477 e. The lowest BCUT2D eigenvalue weighted by Gasteiger charge is -2.17. The zero-order chi connectivity index (χ0) is 16.8. The summed E-state index contributed by atoms with van der Waals surface area (Å²) in [6.07, 6.45) is 1.57. The number of pyridine rings is 1. The summed E-state index contributed by atoms with van der Waals surface area (Å²) in [4.78, 5) is 29.8. The first-order chi connectivity index (χ1) is 10.8. The van der Waals surface area contributed by atoms with E-state index in [2.05, 4.69) is 4.98 Å². The number of hydrogen-bond acceptors (Lipinski definition) is 6. The van der Waals surface area contributed by atoms with Crippen LogP contribution < -0.4 is 10.0 Å². The molecule has 0 bridgehead atoms. The number of aromatic nitrogens is 1. The maximum Gasteiger partial charge on any atom is 0.348 e. The van der Waals surface area contributed by atoms with E-state index in [0.717, 1.165) is 11.3 Å². The summed E-state index contributed by atoms with van der Waals surface area (Å²) in [5, 5.41) is 15.0. The van der Waals surface area contributed by atoms with Crippen molar-refractivity contribution >= 4 is 49.1 Å². The Morgan fingerprint density at radius 1 is 1.52 bits per heavy atom. The number of fused-ring (bicyclic) bond motifs is 1. The van der Waals surface area contributed by atoms with Gasteiger partial charge < -0.3 is 10.0 Å². The summed E-state index contributed by atoms with van der Waals surface area (Å²) >= 11 is 0.988. The first kappa shape index (κ1) is 15.8. The van der Waals surface area contributed by atoms with Gasteiger partial charge in [0.15, 0.2) is 0 Å². The van der Waals surface area contributed by atoms with Crippen molar-refractivity contribution in [1.82, 2.24) is 4.98 Å². The molecular weight excluding hydrogens is 342 g/mol. The van der Waals surface area contributed by atoms with Crippen LogP contribution in [0.2, 0.25) is 0 Å². The van der Waals surface area contributed by atoms with Crippen molar-refractivity contribution in [1.29, 1.82) is 0 Å². The highest BCUT2D eigenvalue weighted by Gasteiger charge is 2.36. The minimum atomic E-state index is -3.70. The molecule has 0 aliphatic carbocycles. The van der Waals surface area contributed by atoms with Crippen LogP contribution in [0.4, 0.5) is 5.69 Å². The van der Waals surface area contributed by atoms with Crippen LogP contribution in [-0.4, -0.2) is 42.7 Å². The van der Waals surface area contributed by atoms with Gasteiger partial charge in [0.2, 0.25) is 15.9 Å². The Balaban J connectivity index is 2.04. The number of primary sulfonamides is 1. The highest BCUT2D eigenvalue weighted by Crippen LogP contribution is 2.39. The predicted molar refractivity (Wildman–Crippen MR) is 85.0 cm³/mol. The average molecular weight is 355 g/mol. The number of aromatic carboxylic acids is 1. The van der Waals surface area contributed by atoms with Crippen molar-refractivity contribution in [2.75, 3.05) is 17.2 Å². The Labute approximate surface area is 135 Å². The normalized spacial score (nSPS) is 18.7. The molecule has 1 unspecified atom stereocenters. The lowest BCUT2D eigenvalue weighted by molar-refractivity contribution is -0.117. The average Bonchev–Trinajstić information content (AvgIpc) is 2.97. The third-order valence-corrected chi connectivity index (χ3v) is 5.60. The van der Waals surface area contributed by atoms with Gasteiger partial charge in [-0.15, -0.1) is 11.3 Å². The second kappa shape index (κ2) is 5.55. The molecule has 1 fully saturated rings. The summed E-state index contributed by atoms with van der Waals surface area (Å²) < 4.78 is 22.4. The highest BCUT2D eigenvalue weighted by molar-refractivity contribution is 7.89. The number of carboxylic acid groups (broad SMARTS) is 1. The zero-order valence-electron chi connectivity index (χ0n) is 11.8. The maximum atomic E-state index is 12.3. The first-order valence-corrected chi connectivity index (χ1v) is 9.21. The molecule has 3 rings (SSSR count). The van der Waals surface area contributed by atoms with E-state index >= 15 is 0 Å². The minimum absolute atomic E-state index is 0.0169. The number of carboxylic acids is 1. The quantitative estimate of drug-likeness (QED) is 0.827. The van der Waals surface area contributed by atoms with Gasteiger partial charge in [0.1, 0.15) is 9.71 Å². The molecule has 0 saturated carbocycles. The van der Waals surface area contributed by atoms with Gasteiger partial charge >= 0.3 is 5.97 Å². The fraction of sp³-hybridized carbons (Fsp3) is 0.308. The molecule has 8 nitrogen and oxygen atoms in total. The van der Waals surface area contributed by atoms with Crippen LogP contribution >= 0.6 is 11.3 Å². The number of nitrogens with zero attached hydrogens (tertiary/aromatic N) is 2. The lowest BCUT2D eigenvalue weighted by atomic mass is 10.1. The molecule has 2 aromatic heterocycles. The van der Waals surface area contributed by atoms with E-state index in [4.69, 9.17) is 5.14 Å². The molecule has 1 atom stereocenters. The van der Waals surface area contributed by atoms with Crippen molar-refractivity contribution in [3.05, 3.63) is 23.2 Å². The summed E-state index contributed by atoms with van der Waals surface area (Å²) in [6.45, 7) is 0.121. The summed E-state index contributed by atoms with van der Waals surface area (Å²) in [5.74, 6) is -2.22. The molecule has 1 aliphatic rings. The van der Waals surface area contributed by atoms with Crippen LogP contribution in [-0.2, 0) is 14.8 Å². The van der Waals surface area contributed by atoms with Crippen LogP contribution in [0.5, 0.6) is 0 Å². The molecule has 0 radical (unpaired) electrons. The number of amides is 1. The third kappa shape index (κ3) is 3.05. The molecular formula is C13H13N3O5S2. The van der Waals surface area contributed by atoms with Gasteiger partial charge in [0, 0.05) is 30.5 Å². The predicted octanol–water partition coefficient (Wildman–Crippen LogP) is 0.636. The van der Waals surface area contributed by atoms with Crippen molar-refractivity contribution in [3.63, 3.8) is 0 Å². The van der Waals surface area contributed by atoms with Crippen LogP contribution in [0.3, 0.4) is 0 Å². The smallest absolute Gasteiger partial charge is 0.348 e. The van der Waals surface area contributed by atoms with E-state index in [9.17, 15) is 23.1 Å². The number of thiophene rings is 1. The van der Waals surface area contributed by atoms with Crippen LogP contribution in [0, 0.1) is 5.92 Å². The Morgan fingerprint density at radius 2 is 2.26 bits per heavy atom. The van der Waals surface area contributed by atoms with Crippen LogP contribution in [0.25, 0.3) is 10.2 Å². The molecule has 122 valence electrons. The van der Waals surface area contributed by atoms with Gasteiger partial charge in [-0.25, -0.2) is 23.3 Å². The number of anilines is 1. The van der Waals surface area contributed by atoms with Crippen LogP contribution in [0.1, 0.15) is 16.1 Å². The van der Waals surface area contributed by atoms with E-state index in [0.29, 0.717) is 10.2 Å². The minimum Gasteiger partial charge on any atom is -0.477 e. The number of sulfonamides is 1. The number of rotatable bonds is 4. The van der Waals surface area contributed by atoms with Crippen molar-refractivity contribution < 1.29 is 23.1 Å². The number of carbonyl (C=O) groups excluding carboxylic acids is 1. The number of carbonyl (C=O) groups is 2. The molecule has 1 amide bonds. The lowest BCUT2D eigenvalue weighted by Crippen LogP contribution is -2.28. The molecule has 0 aromatic carbocycles. The van der Waals surface area contributed by atoms with E-state index in [1.165, 1.54) is 4.90 Å². The summed E-state index contributed by atoms with van der Waals surface area (Å²) in [7, 11) is -3.70. The standard InChI is InChI=1S/C13H13N3O5S2/c14-23(20,21)6-7-4-9(17)16(5-7)10-8-2-1-3-15-12(8)22-11(10)13(18)19/h1-3,7H,4-6H2,(H,18,19)(H2,14,20,21). The van der Waals surface area contributed by atoms with E-state index < -0.39 is 21.9 Å². The molecule has 10 heteroatoms. The topological polar surface area (TPSA) is 131 Å². The zero-order valence-corrected chi connectivity index (χ0v) is 13.4. The van der Waals surface area contributed by atoms with Gasteiger partial charge in [-0.1, -0.05) is 0 Å². The van der Waals surface area contributed by atoms with Crippen molar-refractivity contribution in [2.45, 2.75) is 6.42 Å². The third-order valence-electron chi connectivity index (χ3n) is 3.58. The molecule has 2 aromatic rings.